The normalized spacial score (nSPS) is 19.7. The minimum atomic E-state index is 0.0825. The van der Waals surface area contributed by atoms with E-state index in [1.54, 1.807) is 0 Å². The summed E-state index contributed by atoms with van der Waals surface area (Å²) in [5.41, 5.74) is 1.69. The molecule has 2 fully saturated rings. The number of oxazole rings is 1. The van der Waals surface area contributed by atoms with Gasteiger partial charge in [0.05, 0.1) is 0 Å². The van der Waals surface area contributed by atoms with Gasteiger partial charge < -0.3 is 19.5 Å². The topological polar surface area (TPSA) is 61.6 Å². The van der Waals surface area contributed by atoms with Crippen molar-refractivity contribution in [1.29, 1.82) is 0 Å². The summed E-state index contributed by atoms with van der Waals surface area (Å²) in [7, 11) is 0. The number of fused-ring (bicyclic) bond motifs is 1. The summed E-state index contributed by atoms with van der Waals surface area (Å²) in [6.45, 7) is 2.92. The molecule has 2 aliphatic rings. The van der Waals surface area contributed by atoms with Gasteiger partial charge in [0.2, 0.25) is 0 Å². The van der Waals surface area contributed by atoms with Crippen LogP contribution in [0.25, 0.3) is 11.1 Å². The van der Waals surface area contributed by atoms with Gasteiger partial charge in [-0.2, -0.15) is 4.98 Å². The largest absolute Gasteiger partial charge is 0.423 e. The quantitative estimate of drug-likeness (QED) is 0.920. The zero-order valence-electron chi connectivity index (χ0n) is 13.9. The maximum atomic E-state index is 12.4. The van der Waals surface area contributed by atoms with Crippen molar-refractivity contribution in [2.24, 2.45) is 0 Å². The van der Waals surface area contributed by atoms with Crippen molar-refractivity contribution in [2.45, 2.75) is 38.1 Å². The van der Waals surface area contributed by atoms with E-state index in [1.807, 2.05) is 29.2 Å². The first-order chi connectivity index (χ1) is 11.8. The summed E-state index contributed by atoms with van der Waals surface area (Å²) in [4.78, 5) is 21.0. The monoisotopic (exact) mass is 328 g/mol. The molecule has 1 aliphatic carbocycles. The highest BCUT2D eigenvalue weighted by Crippen LogP contribution is 2.23. The Bertz CT molecular complexity index is 667. The molecule has 2 aromatic rings. The molecular formula is C18H24N4O2. The highest BCUT2D eigenvalue weighted by Gasteiger charge is 2.25. The minimum absolute atomic E-state index is 0.0825. The number of nitrogens with one attached hydrogen (secondary N) is 1. The average molecular weight is 328 g/mol. The zero-order valence-corrected chi connectivity index (χ0v) is 13.9. The molecule has 0 radical (unpaired) electrons. The third kappa shape index (κ3) is 3.18. The third-order valence-corrected chi connectivity index (χ3v) is 5.05. The van der Waals surface area contributed by atoms with Crippen molar-refractivity contribution in [3.63, 3.8) is 0 Å². The number of hydrogen-bond donors (Lipinski definition) is 1. The third-order valence-electron chi connectivity index (χ3n) is 5.05. The van der Waals surface area contributed by atoms with Crippen molar-refractivity contribution in [2.75, 3.05) is 31.1 Å². The van der Waals surface area contributed by atoms with E-state index in [0.717, 1.165) is 37.0 Å². The number of carbonyl (C=O) groups excluding carboxylic acids is 1. The second-order valence-corrected chi connectivity index (χ2v) is 6.72. The van der Waals surface area contributed by atoms with E-state index >= 15 is 0 Å². The van der Waals surface area contributed by atoms with Crippen LogP contribution in [0.1, 0.15) is 32.1 Å². The Morgan fingerprint density at radius 1 is 1.08 bits per heavy atom. The lowest BCUT2D eigenvalue weighted by molar-refractivity contribution is 0.186. The fourth-order valence-corrected chi connectivity index (χ4v) is 3.61. The van der Waals surface area contributed by atoms with Crippen LogP contribution in [0.5, 0.6) is 0 Å². The van der Waals surface area contributed by atoms with Gasteiger partial charge in [-0.3, -0.25) is 0 Å². The summed E-state index contributed by atoms with van der Waals surface area (Å²) in [5, 5.41) is 3.19. The van der Waals surface area contributed by atoms with Gasteiger partial charge in [-0.25, -0.2) is 4.79 Å². The Hall–Kier alpha value is -2.24. The Labute approximate surface area is 141 Å². The second-order valence-electron chi connectivity index (χ2n) is 6.72. The summed E-state index contributed by atoms with van der Waals surface area (Å²) in [6.07, 6.45) is 6.01. The Morgan fingerprint density at radius 3 is 2.58 bits per heavy atom. The van der Waals surface area contributed by atoms with E-state index < -0.39 is 0 Å². The lowest BCUT2D eigenvalue weighted by Gasteiger charge is -2.35. The Kier molecular flexibility index (Phi) is 4.28. The fraction of sp³-hybridized carbons (Fsp3) is 0.556. The van der Waals surface area contributed by atoms with Crippen molar-refractivity contribution in [3.8, 4) is 0 Å². The van der Waals surface area contributed by atoms with Crippen molar-refractivity contribution >= 4 is 23.1 Å². The number of hydrogen-bond acceptors (Lipinski definition) is 4. The molecule has 1 saturated heterocycles. The number of anilines is 1. The molecule has 1 aromatic carbocycles. The summed E-state index contributed by atoms with van der Waals surface area (Å²) < 4.78 is 5.82. The highest BCUT2D eigenvalue weighted by molar-refractivity contribution is 5.75. The number of nitrogens with zero attached hydrogens (tertiary/aromatic N) is 3. The number of amides is 2. The lowest BCUT2D eigenvalue weighted by atomic mass is 9.96. The number of aromatic nitrogens is 1. The van der Waals surface area contributed by atoms with Gasteiger partial charge in [-0.15, -0.1) is 0 Å². The molecule has 0 unspecified atom stereocenters. The molecule has 6 nitrogen and oxygen atoms in total. The summed E-state index contributed by atoms with van der Waals surface area (Å²) >= 11 is 0. The maximum Gasteiger partial charge on any atom is 0.317 e. The van der Waals surface area contributed by atoms with Crippen LogP contribution in [0, 0.1) is 0 Å². The van der Waals surface area contributed by atoms with E-state index in [2.05, 4.69) is 15.2 Å². The van der Waals surface area contributed by atoms with E-state index in [9.17, 15) is 4.79 Å². The predicted octanol–water partition coefficient (Wildman–Crippen LogP) is 2.99. The first-order valence-corrected chi connectivity index (χ1v) is 8.95. The SMILES string of the molecule is O=C(NC1CCCCC1)N1CCN(c2nc3ccccc3o2)CC1. The number of para-hydroxylation sites is 2. The molecule has 0 bridgehead atoms. The molecule has 0 spiro atoms. The molecule has 1 aromatic heterocycles. The van der Waals surface area contributed by atoms with Gasteiger partial charge >= 0.3 is 6.03 Å². The molecule has 1 aliphatic heterocycles. The number of rotatable bonds is 2. The van der Waals surface area contributed by atoms with Crippen LogP contribution in [0.4, 0.5) is 10.8 Å². The van der Waals surface area contributed by atoms with Gasteiger partial charge in [0.1, 0.15) is 5.52 Å². The van der Waals surface area contributed by atoms with Crippen LogP contribution in [0.2, 0.25) is 0 Å². The molecule has 2 amide bonds. The zero-order chi connectivity index (χ0) is 16.4. The van der Waals surface area contributed by atoms with Crippen LogP contribution in [-0.4, -0.2) is 48.1 Å². The van der Waals surface area contributed by atoms with Gasteiger partial charge in [-0.1, -0.05) is 31.4 Å². The van der Waals surface area contributed by atoms with Gasteiger partial charge in [0.15, 0.2) is 5.58 Å². The average Bonchev–Trinajstić information content (AvgIpc) is 3.07. The van der Waals surface area contributed by atoms with E-state index in [1.165, 1.54) is 19.3 Å². The number of urea groups is 1. The van der Waals surface area contributed by atoms with Crippen LogP contribution in [0.15, 0.2) is 28.7 Å². The minimum Gasteiger partial charge on any atom is -0.423 e. The Balaban J connectivity index is 1.33. The van der Waals surface area contributed by atoms with Crippen LogP contribution >= 0.6 is 0 Å². The molecule has 128 valence electrons. The van der Waals surface area contributed by atoms with E-state index in [4.69, 9.17) is 4.42 Å². The molecule has 6 heteroatoms. The predicted molar refractivity (Wildman–Crippen MR) is 93.2 cm³/mol. The second kappa shape index (κ2) is 6.71. The molecular weight excluding hydrogens is 304 g/mol. The maximum absolute atomic E-state index is 12.4. The van der Waals surface area contributed by atoms with Crippen molar-refractivity contribution in [1.82, 2.24) is 15.2 Å². The molecule has 24 heavy (non-hydrogen) atoms. The smallest absolute Gasteiger partial charge is 0.317 e. The van der Waals surface area contributed by atoms with Gasteiger partial charge in [0.25, 0.3) is 6.01 Å². The number of benzene rings is 1. The van der Waals surface area contributed by atoms with Gasteiger partial charge in [0, 0.05) is 32.2 Å². The lowest BCUT2D eigenvalue weighted by Crippen LogP contribution is -2.53. The number of piperazine rings is 1. The molecule has 0 atom stereocenters. The van der Waals surface area contributed by atoms with E-state index in [0.29, 0.717) is 25.1 Å². The molecule has 4 rings (SSSR count). The van der Waals surface area contributed by atoms with E-state index in [-0.39, 0.29) is 6.03 Å². The first kappa shape index (κ1) is 15.3. The standard InChI is InChI=1S/C18H24N4O2/c23-17(19-14-6-2-1-3-7-14)21-10-12-22(13-11-21)18-20-15-8-4-5-9-16(15)24-18/h4-5,8-9,14H,1-3,6-7,10-13H2,(H,19,23). The highest BCUT2D eigenvalue weighted by atomic mass is 16.4. The molecule has 1 saturated carbocycles. The molecule has 2 heterocycles. The number of carbonyl (C=O) groups is 1. The fourth-order valence-electron chi connectivity index (χ4n) is 3.61. The first-order valence-electron chi connectivity index (χ1n) is 8.95. The summed E-state index contributed by atoms with van der Waals surface area (Å²) in [5.74, 6) is 0. The van der Waals surface area contributed by atoms with Crippen LogP contribution in [0.3, 0.4) is 0 Å². The van der Waals surface area contributed by atoms with Crippen LogP contribution in [-0.2, 0) is 0 Å². The van der Waals surface area contributed by atoms with Crippen molar-refractivity contribution < 1.29 is 9.21 Å². The molecule has 1 N–H and O–H groups in total. The summed E-state index contributed by atoms with van der Waals surface area (Å²) in [6, 6.07) is 8.90. The van der Waals surface area contributed by atoms with Gasteiger partial charge in [-0.05, 0) is 25.0 Å². The van der Waals surface area contributed by atoms with Crippen molar-refractivity contribution in [3.05, 3.63) is 24.3 Å². The Morgan fingerprint density at radius 2 is 1.83 bits per heavy atom. The van der Waals surface area contributed by atoms with Crippen LogP contribution < -0.4 is 10.2 Å².